The van der Waals surface area contributed by atoms with Gasteiger partial charge in [0.05, 0.1) is 6.10 Å². The number of carbonyl (C=O) groups excluding carboxylic acids is 3. The number of urea groups is 1. The van der Waals surface area contributed by atoms with Gasteiger partial charge in [-0.2, -0.15) is 0 Å². The summed E-state index contributed by atoms with van der Waals surface area (Å²) in [7, 11) is 0. The number of carbonyl (C=O) groups is 3. The molecular weight excluding hydrogens is 370 g/mol. The molecule has 1 spiro atoms. The summed E-state index contributed by atoms with van der Waals surface area (Å²) in [4.78, 5) is 38.8. The Labute approximate surface area is 171 Å². The zero-order valence-electron chi connectivity index (χ0n) is 16.9. The molecule has 0 atom stereocenters. The van der Waals surface area contributed by atoms with Crippen LogP contribution in [0, 0.1) is 5.92 Å². The van der Waals surface area contributed by atoms with Gasteiger partial charge < -0.3 is 15.4 Å². The Morgan fingerprint density at radius 1 is 1.21 bits per heavy atom. The number of nitrogens with zero attached hydrogens (tertiary/aromatic N) is 1. The van der Waals surface area contributed by atoms with E-state index in [1.54, 1.807) is 12.1 Å². The van der Waals surface area contributed by atoms with Crippen molar-refractivity contribution in [3.63, 3.8) is 0 Å². The molecular formula is C22H29N3O4. The maximum absolute atomic E-state index is 12.9. The van der Waals surface area contributed by atoms with Crippen molar-refractivity contribution in [3.8, 4) is 5.75 Å². The van der Waals surface area contributed by atoms with E-state index in [4.69, 9.17) is 4.74 Å². The number of rotatable bonds is 5. The molecule has 29 heavy (non-hydrogen) atoms. The maximum Gasteiger partial charge on any atom is 0.325 e. The molecule has 2 aliphatic carbocycles. The number of nitrogens with one attached hydrogen (secondary N) is 2. The largest absolute Gasteiger partial charge is 0.490 e. The number of imide groups is 1. The van der Waals surface area contributed by atoms with Gasteiger partial charge in [0, 0.05) is 11.8 Å². The minimum Gasteiger partial charge on any atom is -0.490 e. The Balaban J connectivity index is 1.36. The van der Waals surface area contributed by atoms with Gasteiger partial charge in [-0.3, -0.25) is 14.5 Å². The lowest BCUT2D eigenvalue weighted by atomic mass is 9.77. The van der Waals surface area contributed by atoms with Crippen LogP contribution in [-0.2, 0) is 9.59 Å². The molecule has 0 aromatic heterocycles. The summed E-state index contributed by atoms with van der Waals surface area (Å²) in [6.07, 6.45) is 7.81. The van der Waals surface area contributed by atoms with E-state index in [1.165, 1.54) is 12.8 Å². The summed E-state index contributed by atoms with van der Waals surface area (Å²) in [5.41, 5.74) is -0.224. The van der Waals surface area contributed by atoms with Gasteiger partial charge in [-0.05, 0) is 69.4 Å². The van der Waals surface area contributed by atoms with Crippen LogP contribution < -0.4 is 15.4 Å². The average Bonchev–Trinajstić information content (AvgIpc) is 3.27. The zero-order chi connectivity index (χ0) is 20.4. The van der Waals surface area contributed by atoms with E-state index < -0.39 is 17.5 Å². The Morgan fingerprint density at radius 3 is 2.66 bits per heavy atom. The predicted molar refractivity (Wildman–Crippen MR) is 109 cm³/mol. The van der Waals surface area contributed by atoms with Crippen molar-refractivity contribution in [1.29, 1.82) is 0 Å². The van der Waals surface area contributed by atoms with Crippen molar-refractivity contribution < 1.29 is 19.1 Å². The summed E-state index contributed by atoms with van der Waals surface area (Å²) in [6.45, 7) is 1.87. The number of benzene rings is 1. The number of hydrogen-bond acceptors (Lipinski definition) is 4. The van der Waals surface area contributed by atoms with E-state index in [1.807, 2.05) is 12.1 Å². The smallest absolute Gasteiger partial charge is 0.325 e. The van der Waals surface area contributed by atoms with Crippen LogP contribution in [0.4, 0.5) is 10.5 Å². The highest BCUT2D eigenvalue weighted by Crippen LogP contribution is 2.36. The van der Waals surface area contributed by atoms with Crippen LogP contribution in [0.2, 0.25) is 0 Å². The molecule has 0 radical (unpaired) electrons. The van der Waals surface area contributed by atoms with Gasteiger partial charge in [-0.15, -0.1) is 0 Å². The van der Waals surface area contributed by atoms with Gasteiger partial charge in [0.15, 0.2) is 0 Å². The Kier molecular flexibility index (Phi) is 5.48. The lowest BCUT2D eigenvalue weighted by Gasteiger charge is -2.33. The highest BCUT2D eigenvalue weighted by molar-refractivity contribution is 6.10. The Hall–Kier alpha value is -2.57. The van der Waals surface area contributed by atoms with Crippen LogP contribution in [0.1, 0.15) is 58.3 Å². The van der Waals surface area contributed by atoms with E-state index in [-0.39, 0.29) is 18.6 Å². The average molecular weight is 399 g/mol. The molecule has 0 unspecified atom stereocenters. The topological polar surface area (TPSA) is 87.7 Å². The van der Waals surface area contributed by atoms with Crippen molar-refractivity contribution in [2.45, 2.75) is 69.9 Å². The summed E-state index contributed by atoms with van der Waals surface area (Å²) >= 11 is 0. The number of amides is 4. The van der Waals surface area contributed by atoms with Gasteiger partial charge in [0.1, 0.15) is 17.8 Å². The number of hydrogen-bond donors (Lipinski definition) is 2. The van der Waals surface area contributed by atoms with Gasteiger partial charge in [-0.1, -0.05) is 13.0 Å². The van der Waals surface area contributed by atoms with Crippen LogP contribution in [0.15, 0.2) is 24.3 Å². The fourth-order valence-electron chi connectivity index (χ4n) is 4.60. The first-order valence-electron chi connectivity index (χ1n) is 10.7. The first kappa shape index (κ1) is 19.7. The molecule has 1 saturated heterocycles. The molecule has 1 aromatic rings. The number of ether oxygens (including phenoxy) is 1. The third-order valence-corrected chi connectivity index (χ3v) is 6.40. The molecule has 2 N–H and O–H groups in total. The van der Waals surface area contributed by atoms with E-state index in [0.29, 0.717) is 24.4 Å². The van der Waals surface area contributed by atoms with Gasteiger partial charge in [0.2, 0.25) is 5.91 Å². The highest BCUT2D eigenvalue weighted by Gasteiger charge is 2.52. The molecule has 1 aromatic carbocycles. The van der Waals surface area contributed by atoms with E-state index in [0.717, 1.165) is 36.3 Å². The van der Waals surface area contributed by atoms with Crippen LogP contribution >= 0.6 is 0 Å². The standard InChI is InChI=1S/C22H29N3O4/c1-15-9-11-22(12-10-15)20(27)25(21(28)24-22)14-19(26)23-16-5-4-8-18(13-16)29-17-6-2-3-7-17/h4-5,8,13,15,17H,2-3,6-7,9-12,14H2,1H3,(H,23,26)(H,24,28). The third-order valence-electron chi connectivity index (χ3n) is 6.40. The van der Waals surface area contributed by atoms with Crippen LogP contribution in [0.25, 0.3) is 0 Å². The quantitative estimate of drug-likeness (QED) is 0.743. The maximum atomic E-state index is 12.9. The van der Waals surface area contributed by atoms with Gasteiger partial charge in [0.25, 0.3) is 5.91 Å². The van der Waals surface area contributed by atoms with E-state index in [2.05, 4.69) is 17.6 Å². The van der Waals surface area contributed by atoms with Crippen molar-refractivity contribution in [3.05, 3.63) is 24.3 Å². The second-order valence-electron chi connectivity index (χ2n) is 8.69. The monoisotopic (exact) mass is 399 g/mol. The summed E-state index contributed by atoms with van der Waals surface area (Å²) in [5.74, 6) is 0.608. The summed E-state index contributed by atoms with van der Waals surface area (Å²) in [6, 6.07) is 6.78. The molecule has 4 rings (SSSR count). The molecule has 3 aliphatic rings. The van der Waals surface area contributed by atoms with E-state index in [9.17, 15) is 14.4 Å². The molecule has 0 bridgehead atoms. The first-order valence-corrected chi connectivity index (χ1v) is 10.7. The molecule has 7 heteroatoms. The summed E-state index contributed by atoms with van der Waals surface area (Å²) in [5, 5.41) is 5.63. The molecule has 3 fully saturated rings. The van der Waals surface area contributed by atoms with Crippen LogP contribution in [-0.4, -0.2) is 40.9 Å². The molecule has 1 heterocycles. The second-order valence-corrected chi connectivity index (χ2v) is 8.69. The number of anilines is 1. The van der Waals surface area contributed by atoms with Crippen LogP contribution in [0.3, 0.4) is 0 Å². The van der Waals surface area contributed by atoms with Crippen molar-refractivity contribution in [2.24, 2.45) is 5.92 Å². The molecule has 2 saturated carbocycles. The fourth-order valence-corrected chi connectivity index (χ4v) is 4.60. The normalized spacial score (nSPS) is 27.3. The van der Waals surface area contributed by atoms with Gasteiger partial charge in [-0.25, -0.2) is 4.79 Å². The second kappa shape index (κ2) is 8.05. The minimum atomic E-state index is -0.821. The van der Waals surface area contributed by atoms with Crippen molar-refractivity contribution in [1.82, 2.24) is 10.2 Å². The third kappa shape index (κ3) is 4.23. The summed E-state index contributed by atoms with van der Waals surface area (Å²) < 4.78 is 5.97. The van der Waals surface area contributed by atoms with Crippen molar-refractivity contribution >= 4 is 23.5 Å². The Morgan fingerprint density at radius 2 is 1.93 bits per heavy atom. The van der Waals surface area contributed by atoms with Crippen LogP contribution in [0.5, 0.6) is 5.75 Å². The van der Waals surface area contributed by atoms with Gasteiger partial charge >= 0.3 is 6.03 Å². The zero-order valence-corrected chi connectivity index (χ0v) is 16.9. The lowest BCUT2D eigenvalue weighted by Crippen LogP contribution is -2.49. The SMILES string of the molecule is CC1CCC2(CC1)NC(=O)N(CC(=O)Nc1cccc(OC3CCCC3)c1)C2=O. The first-order chi connectivity index (χ1) is 13.9. The lowest BCUT2D eigenvalue weighted by molar-refractivity contribution is -0.135. The molecule has 156 valence electrons. The molecule has 4 amide bonds. The predicted octanol–water partition coefficient (Wildman–Crippen LogP) is 3.45. The molecule has 7 nitrogen and oxygen atoms in total. The molecule has 1 aliphatic heterocycles. The highest BCUT2D eigenvalue weighted by atomic mass is 16.5. The fraction of sp³-hybridized carbons (Fsp3) is 0.591. The van der Waals surface area contributed by atoms with E-state index >= 15 is 0 Å². The minimum absolute atomic E-state index is 0.237. The Bertz CT molecular complexity index is 795. The van der Waals surface area contributed by atoms with Crippen molar-refractivity contribution in [2.75, 3.05) is 11.9 Å².